The highest BCUT2D eigenvalue weighted by atomic mass is 32.2. The predicted molar refractivity (Wildman–Crippen MR) is 60.6 cm³/mol. The molecule has 2 heterocycles. The summed E-state index contributed by atoms with van der Waals surface area (Å²) in [6.07, 6.45) is 5.66. The van der Waals surface area contributed by atoms with E-state index in [1.54, 1.807) is 12.4 Å². The molecule has 1 fully saturated rings. The van der Waals surface area contributed by atoms with Crippen LogP contribution in [-0.4, -0.2) is 36.9 Å². The Hall–Kier alpha value is -1.01. The monoisotopic (exact) mass is 241 g/mol. The van der Waals surface area contributed by atoms with Crippen LogP contribution in [0, 0.1) is 5.92 Å². The standard InChI is InChI=1S/C10H15N3O2S/c1-11-10(9-4-12-7-13-5-9)8-2-3-16(14,15)6-8/h4-5,7-8,10-11H,2-3,6H2,1H3. The maximum absolute atomic E-state index is 11.4. The molecule has 0 spiro atoms. The smallest absolute Gasteiger partial charge is 0.150 e. The van der Waals surface area contributed by atoms with Gasteiger partial charge in [0.1, 0.15) is 6.33 Å². The van der Waals surface area contributed by atoms with E-state index in [9.17, 15) is 8.42 Å². The van der Waals surface area contributed by atoms with Gasteiger partial charge in [0.25, 0.3) is 0 Å². The quantitative estimate of drug-likeness (QED) is 0.817. The molecule has 2 atom stereocenters. The number of hydrogen-bond donors (Lipinski definition) is 1. The SMILES string of the molecule is CNC(c1cncnc1)C1CCS(=O)(=O)C1. The molecule has 16 heavy (non-hydrogen) atoms. The number of aromatic nitrogens is 2. The molecule has 6 heteroatoms. The molecule has 0 bridgehead atoms. The highest BCUT2D eigenvalue weighted by molar-refractivity contribution is 7.91. The van der Waals surface area contributed by atoms with Crippen LogP contribution in [0.5, 0.6) is 0 Å². The molecular formula is C10H15N3O2S. The molecule has 1 aliphatic rings. The van der Waals surface area contributed by atoms with Crippen molar-refractivity contribution < 1.29 is 8.42 Å². The van der Waals surface area contributed by atoms with E-state index < -0.39 is 9.84 Å². The largest absolute Gasteiger partial charge is 0.313 e. The Balaban J connectivity index is 2.19. The number of nitrogens with zero attached hydrogens (tertiary/aromatic N) is 2. The molecule has 0 aliphatic carbocycles. The van der Waals surface area contributed by atoms with Crippen LogP contribution in [0.25, 0.3) is 0 Å². The summed E-state index contributed by atoms with van der Waals surface area (Å²) in [4.78, 5) is 7.92. The van der Waals surface area contributed by atoms with Gasteiger partial charge >= 0.3 is 0 Å². The topological polar surface area (TPSA) is 72.0 Å². The first-order chi connectivity index (χ1) is 7.62. The zero-order chi connectivity index (χ0) is 11.6. The molecule has 1 saturated heterocycles. The average molecular weight is 241 g/mol. The van der Waals surface area contributed by atoms with Gasteiger partial charge in [-0.05, 0) is 19.4 Å². The molecule has 1 aliphatic heterocycles. The molecule has 1 aromatic rings. The molecule has 2 rings (SSSR count). The van der Waals surface area contributed by atoms with Gasteiger partial charge in [0.2, 0.25) is 0 Å². The fourth-order valence-electron chi connectivity index (χ4n) is 2.23. The van der Waals surface area contributed by atoms with Crippen LogP contribution in [0.3, 0.4) is 0 Å². The van der Waals surface area contributed by atoms with E-state index in [0.717, 1.165) is 5.56 Å². The number of nitrogens with one attached hydrogen (secondary N) is 1. The minimum absolute atomic E-state index is 0.0264. The van der Waals surface area contributed by atoms with Gasteiger partial charge in [-0.1, -0.05) is 0 Å². The third-order valence-corrected chi connectivity index (χ3v) is 4.78. The van der Waals surface area contributed by atoms with Crippen molar-refractivity contribution in [1.82, 2.24) is 15.3 Å². The molecule has 0 aromatic carbocycles. The van der Waals surface area contributed by atoms with E-state index in [4.69, 9.17) is 0 Å². The Bertz CT molecular complexity index is 446. The second kappa shape index (κ2) is 4.47. The van der Waals surface area contributed by atoms with Crippen molar-refractivity contribution in [2.24, 2.45) is 5.92 Å². The molecule has 1 aromatic heterocycles. The van der Waals surface area contributed by atoms with Gasteiger partial charge in [-0.2, -0.15) is 0 Å². The van der Waals surface area contributed by atoms with Crippen LogP contribution in [0.2, 0.25) is 0 Å². The predicted octanol–water partition coefficient (Wildman–Crippen LogP) is 0.172. The normalized spacial score (nSPS) is 25.4. The molecule has 88 valence electrons. The Morgan fingerprint density at radius 1 is 1.44 bits per heavy atom. The Morgan fingerprint density at radius 2 is 2.12 bits per heavy atom. The third-order valence-electron chi connectivity index (χ3n) is 2.99. The highest BCUT2D eigenvalue weighted by Crippen LogP contribution is 2.30. The first-order valence-electron chi connectivity index (χ1n) is 5.25. The fourth-order valence-corrected chi connectivity index (χ4v) is 4.07. The summed E-state index contributed by atoms with van der Waals surface area (Å²) >= 11 is 0. The van der Waals surface area contributed by atoms with Crippen LogP contribution < -0.4 is 5.32 Å². The molecule has 0 radical (unpaired) electrons. The lowest BCUT2D eigenvalue weighted by molar-refractivity contribution is 0.416. The van der Waals surface area contributed by atoms with Gasteiger partial charge in [0, 0.05) is 24.0 Å². The average Bonchev–Trinajstić information content (AvgIpc) is 2.62. The zero-order valence-electron chi connectivity index (χ0n) is 9.13. The highest BCUT2D eigenvalue weighted by Gasteiger charge is 2.33. The number of rotatable bonds is 3. The van der Waals surface area contributed by atoms with Gasteiger partial charge in [-0.25, -0.2) is 18.4 Å². The third kappa shape index (κ3) is 2.38. The van der Waals surface area contributed by atoms with Gasteiger partial charge in [-0.15, -0.1) is 0 Å². The molecule has 1 N–H and O–H groups in total. The first-order valence-corrected chi connectivity index (χ1v) is 7.07. The van der Waals surface area contributed by atoms with E-state index in [1.807, 2.05) is 7.05 Å². The molecule has 0 amide bonds. The van der Waals surface area contributed by atoms with Gasteiger partial charge in [-0.3, -0.25) is 0 Å². The minimum Gasteiger partial charge on any atom is -0.313 e. The van der Waals surface area contributed by atoms with Crippen molar-refractivity contribution in [2.75, 3.05) is 18.6 Å². The van der Waals surface area contributed by atoms with Crippen molar-refractivity contribution in [3.05, 3.63) is 24.3 Å². The lowest BCUT2D eigenvalue weighted by Crippen LogP contribution is -2.26. The molecular weight excluding hydrogens is 226 g/mol. The van der Waals surface area contributed by atoms with E-state index in [1.165, 1.54) is 6.33 Å². The Kier molecular flexibility index (Phi) is 3.20. The van der Waals surface area contributed by atoms with Crippen LogP contribution >= 0.6 is 0 Å². The van der Waals surface area contributed by atoms with Crippen LogP contribution in [-0.2, 0) is 9.84 Å². The Morgan fingerprint density at radius 3 is 2.62 bits per heavy atom. The summed E-state index contributed by atoms with van der Waals surface area (Å²) in [5, 5.41) is 3.15. The van der Waals surface area contributed by atoms with Crippen molar-refractivity contribution >= 4 is 9.84 Å². The maximum atomic E-state index is 11.4. The zero-order valence-corrected chi connectivity index (χ0v) is 9.94. The molecule has 2 unspecified atom stereocenters. The minimum atomic E-state index is -2.84. The van der Waals surface area contributed by atoms with Gasteiger partial charge in [0.15, 0.2) is 9.84 Å². The van der Waals surface area contributed by atoms with Crippen molar-refractivity contribution in [3.63, 3.8) is 0 Å². The molecule has 0 saturated carbocycles. The number of hydrogen-bond acceptors (Lipinski definition) is 5. The second-order valence-electron chi connectivity index (χ2n) is 4.10. The lowest BCUT2D eigenvalue weighted by Gasteiger charge is -2.21. The summed E-state index contributed by atoms with van der Waals surface area (Å²) in [7, 11) is -1.00. The molecule has 5 nitrogen and oxygen atoms in total. The van der Waals surface area contributed by atoms with E-state index in [2.05, 4.69) is 15.3 Å². The summed E-state index contributed by atoms with van der Waals surface area (Å²) in [6, 6.07) is 0.0264. The van der Waals surface area contributed by atoms with Crippen molar-refractivity contribution in [2.45, 2.75) is 12.5 Å². The van der Waals surface area contributed by atoms with E-state index >= 15 is 0 Å². The van der Waals surface area contributed by atoms with Crippen molar-refractivity contribution in [1.29, 1.82) is 0 Å². The summed E-state index contributed by atoms with van der Waals surface area (Å²) < 4.78 is 22.9. The van der Waals surface area contributed by atoms with Crippen LogP contribution in [0.4, 0.5) is 0 Å². The van der Waals surface area contributed by atoms with E-state index in [-0.39, 0.29) is 17.7 Å². The first kappa shape index (κ1) is 11.5. The summed E-state index contributed by atoms with van der Waals surface area (Å²) in [6.45, 7) is 0. The maximum Gasteiger partial charge on any atom is 0.150 e. The fraction of sp³-hybridized carbons (Fsp3) is 0.600. The van der Waals surface area contributed by atoms with E-state index in [0.29, 0.717) is 12.2 Å². The van der Waals surface area contributed by atoms with Crippen LogP contribution in [0.1, 0.15) is 18.0 Å². The van der Waals surface area contributed by atoms with Gasteiger partial charge in [0.05, 0.1) is 11.5 Å². The summed E-state index contributed by atoms with van der Waals surface area (Å²) in [5.41, 5.74) is 0.951. The Labute approximate surface area is 95.2 Å². The lowest BCUT2D eigenvalue weighted by atomic mass is 9.94. The number of sulfone groups is 1. The summed E-state index contributed by atoms with van der Waals surface area (Å²) in [5.74, 6) is 0.678. The van der Waals surface area contributed by atoms with Crippen molar-refractivity contribution in [3.8, 4) is 0 Å². The second-order valence-corrected chi connectivity index (χ2v) is 6.33. The van der Waals surface area contributed by atoms with Gasteiger partial charge < -0.3 is 5.32 Å². The van der Waals surface area contributed by atoms with Crippen LogP contribution in [0.15, 0.2) is 18.7 Å².